The molecule has 1 aromatic carbocycles. The van der Waals surface area contributed by atoms with Crippen molar-refractivity contribution in [2.24, 2.45) is 5.73 Å². The lowest BCUT2D eigenvalue weighted by Gasteiger charge is -2.37. The van der Waals surface area contributed by atoms with Gasteiger partial charge in [0.25, 0.3) is 5.91 Å². The summed E-state index contributed by atoms with van der Waals surface area (Å²) in [6.07, 6.45) is 1.64. The van der Waals surface area contributed by atoms with Crippen molar-refractivity contribution in [2.75, 3.05) is 36.0 Å². The maximum atomic E-state index is 11.2. The number of hydrogen-bond acceptors (Lipinski definition) is 4. The fourth-order valence-electron chi connectivity index (χ4n) is 2.65. The zero-order valence-corrected chi connectivity index (χ0v) is 13.7. The van der Waals surface area contributed by atoms with E-state index in [2.05, 4.69) is 42.8 Å². The quantitative estimate of drug-likeness (QED) is 0.911. The Balaban J connectivity index is 1.69. The lowest BCUT2D eigenvalue weighted by atomic mass is 10.2. The first kappa shape index (κ1) is 14.8. The van der Waals surface area contributed by atoms with E-state index in [1.165, 1.54) is 5.69 Å². The van der Waals surface area contributed by atoms with Gasteiger partial charge in [0.2, 0.25) is 0 Å². The van der Waals surface area contributed by atoms with Gasteiger partial charge in [0, 0.05) is 48.2 Å². The second-order valence-electron chi connectivity index (χ2n) is 5.22. The molecular weight excluding hydrogens is 344 g/mol. The van der Waals surface area contributed by atoms with Crippen LogP contribution in [0.4, 0.5) is 11.4 Å². The SMILES string of the molecule is NC(=O)c1cc(N2CCN(c3cccc(Br)c3)CC2)ccn1. The number of primary amides is 1. The fraction of sp³-hybridized carbons (Fsp3) is 0.250. The topological polar surface area (TPSA) is 62.5 Å². The van der Waals surface area contributed by atoms with Crippen LogP contribution in [-0.4, -0.2) is 37.1 Å². The molecule has 6 heteroatoms. The highest BCUT2D eigenvalue weighted by Crippen LogP contribution is 2.23. The van der Waals surface area contributed by atoms with Crippen molar-refractivity contribution in [1.29, 1.82) is 0 Å². The largest absolute Gasteiger partial charge is 0.368 e. The van der Waals surface area contributed by atoms with E-state index in [0.717, 1.165) is 36.3 Å². The molecule has 0 atom stereocenters. The Morgan fingerprint density at radius 1 is 1.05 bits per heavy atom. The average Bonchev–Trinajstić information content (AvgIpc) is 2.55. The number of benzene rings is 1. The third-order valence-corrected chi connectivity index (χ3v) is 4.31. The van der Waals surface area contributed by atoms with Gasteiger partial charge in [-0.25, -0.2) is 0 Å². The van der Waals surface area contributed by atoms with Crippen molar-refractivity contribution in [3.8, 4) is 0 Å². The molecule has 1 aliphatic rings. The lowest BCUT2D eigenvalue weighted by Crippen LogP contribution is -2.46. The van der Waals surface area contributed by atoms with Gasteiger partial charge in [0.05, 0.1) is 0 Å². The van der Waals surface area contributed by atoms with Gasteiger partial charge in [0.1, 0.15) is 5.69 Å². The van der Waals surface area contributed by atoms with Crippen LogP contribution >= 0.6 is 15.9 Å². The molecule has 0 unspecified atom stereocenters. The maximum absolute atomic E-state index is 11.2. The lowest BCUT2D eigenvalue weighted by molar-refractivity contribution is 0.0995. The van der Waals surface area contributed by atoms with E-state index < -0.39 is 5.91 Å². The molecule has 114 valence electrons. The Kier molecular flexibility index (Phi) is 4.29. The van der Waals surface area contributed by atoms with Crippen molar-refractivity contribution in [2.45, 2.75) is 0 Å². The Labute approximate surface area is 137 Å². The van der Waals surface area contributed by atoms with Gasteiger partial charge in [0.15, 0.2) is 0 Å². The summed E-state index contributed by atoms with van der Waals surface area (Å²) < 4.78 is 1.09. The third kappa shape index (κ3) is 3.22. The first-order valence-electron chi connectivity index (χ1n) is 7.15. The number of anilines is 2. The van der Waals surface area contributed by atoms with Gasteiger partial charge < -0.3 is 15.5 Å². The number of rotatable bonds is 3. The fourth-order valence-corrected chi connectivity index (χ4v) is 3.03. The summed E-state index contributed by atoms with van der Waals surface area (Å²) in [4.78, 5) is 19.8. The number of nitrogens with two attached hydrogens (primary N) is 1. The molecule has 5 nitrogen and oxygen atoms in total. The molecule has 1 amide bonds. The Morgan fingerprint density at radius 3 is 2.27 bits per heavy atom. The molecule has 0 aliphatic carbocycles. The molecule has 1 saturated heterocycles. The van der Waals surface area contributed by atoms with E-state index in [-0.39, 0.29) is 0 Å². The van der Waals surface area contributed by atoms with Crippen LogP contribution in [-0.2, 0) is 0 Å². The van der Waals surface area contributed by atoms with Gasteiger partial charge in [-0.1, -0.05) is 22.0 Å². The predicted molar refractivity (Wildman–Crippen MR) is 91.3 cm³/mol. The number of aromatic nitrogens is 1. The number of nitrogens with zero attached hydrogens (tertiary/aromatic N) is 3. The molecular formula is C16H17BrN4O. The molecule has 1 aliphatic heterocycles. The number of halogens is 1. The summed E-state index contributed by atoms with van der Waals surface area (Å²) in [5, 5.41) is 0. The van der Waals surface area contributed by atoms with Crippen LogP contribution in [0.5, 0.6) is 0 Å². The van der Waals surface area contributed by atoms with Crippen molar-refractivity contribution in [3.05, 3.63) is 52.8 Å². The number of amides is 1. The molecule has 1 fully saturated rings. The number of carbonyl (C=O) groups excluding carboxylic acids is 1. The summed E-state index contributed by atoms with van der Waals surface area (Å²) in [6.45, 7) is 3.67. The summed E-state index contributed by atoms with van der Waals surface area (Å²) in [6, 6.07) is 12.0. The van der Waals surface area contributed by atoms with E-state index in [9.17, 15) is 4.79 Å². The molecule has 1 aromatic heterocycles. The van der Waals surface area contributed by atoms with Crippen molar-refractivity contribution in [3.63, 3.8) is 0 Å². The molecule has 0 radical (unpaired) electrons. The monoisotopic (exact) mass is 360 g/mol. The summed E-state index contributed by atoms with van der Waals surface area (Å²) in [7, 11) is 0. The zero-order chi connectivity index (χ0) is 15.5. The molecule has 2 heterocycles. The summed E-state index contributed by atoms with van der Waals surface area (Å²) in [5.41, 5.74) is 7.83. The van der Waals surface area contributed by atoms with Crippen molar-refractivity contribution >= 4 is 33.2 Å². The van der Waals surface area contributed by atoms with Crippen LogP contribution in [0, 0.1) is 0 Å². The first-order valence-corrected chi connectivity index (χ1v) is 7.94. The van der Waals surface area contributed by atoms with E-state index in [4.69, 9.17) is 5.73 Å². The number of carbonyl (C=O) groups is 1. The smallest absolute Gasteiger partial charge is 0.267 e. The minimum atomic E-state index is -0.491. The minimum absolute atomic E-state index is 0.312. The van der Waals surface area contributed by atoms with E-state index in [1.807, 2.05) is 18.2 Å². The molecule has 0 saturated carbocycles. The van der Waals surface area contributed by atoms with Crippen LogP contribution in [0.25, 0.3) is 0 Å². The first-order chi connectivity index (χ1) is 10.6. The van der Waals surface area contributed by atoms with Crippen molar-refractivity contribution < 1.29 is 4.79 Å². The second-order valence-corrected chi connectivity index (χ2v) is 6.13. The standard InChI is InChI=1S/C16H17BrN4O/c17-12-2-1-3-13(10-12)20-6-8-21(9-7-20)14-4-5-19-15(11-14)16(18)22/h1-5,10-11H,6-9H2,(H2,18,22). The van der Waals surface area contributed by atoms with Gasteiger partial charge in [-0.05, 0) is 30.3 Å². The number of piperazine rings is 1. The molecule has 0 bridgehead atoms. The maximum Gasteiger partial charge on any atom is 0.267 e. The molecule has 2 aromatic rings. The minimum Gasteiger partial charge on any atom is -0.368 e. The van der Waals surface area contributed by atoms with Gasteiger partial charge in [-0.2, -0.15) is 0 Å². The highest BCUT2D eigenvalue weighted by atomic mass is 79.9. The van der Waals surface area contributed by atoms with Crippen LogP contribution < -0.4 is 15.5 Å². The number of hydrogen-bond donors (Lipinski definition) is 1. The van der Waals surface area contributed by atoms with Crippen LogP contribution in [0.3, 0.4) is 0 Å². The van der Waals surface area contributed by atoms with Gasteiger partial charge in [-0.3, -0.25) is 9.78 Å². The highest BCUT2D eigenvalue weighted by molar-refractivity contribution is 9.10. The van der Waals surface area contributed by atoms with Crippen LogP contribution in [0.2, 0.25) is 0 Å². The normalized spacial score (nSPS) is 15.0. The van der Waals surface area contributed by atoms with E-state index >= 15 is 0 Å². The van der Waals surface area contributed by atoms with Gasteiger partial charge in [-0.15, -0.1) is 0 Å². The van der Waals surface area contributed by atoms with E-state index in [1.54, 1.807) is 12.3 Å². The molecule has 3 rings (SSSR count). The Morgan fingerprint density at radius 2 is 1.68 bits per heavy atom. The Hall–Kier alpha value is -2.08. The highest BCUT2D eigenvalue weighted by Gasteiger charge is 2.18. The zero-order valence-electron chi connectivity index (χ0n) is 12.1. The predicted octanol–water partition coefficient (Wildman–Crippen LogP) is 2.27. The third-order valence-electron chi connectivity index (χ3n) is 3.81. The average molecular weight is 361 g/mol. The summed E-state index contributed by atoms with van der Waals surface area (Å²) >= 11 is 3.51. The summed E-state index contributed by atoms with van der Waals surface area (Å²) in [5.74, 6) is -0.491. The van der Waals surface area contributed by atoms with Crippen molar-refractivity contribution in [1.82, 2.24) is 4.98 Å². The molecule has 0 spiro atoms. The second kappa shape index (κ2) is 6.36. The van der Waals surface area contributed by atoms with Crippen LogP contribution in [0.1, 0.15) is 10.5 Å². The molecule has 22 heavy (non-hydrogen) atoms. The van der Waals surface area contributed by atoms with Crippen LogP contribution in [0.15, 0.2) is 47.1 Å². The number of pyridine rings is 1. The van der Waals surface area contributed by atoms with Gasteiger partial charge >= 0.3 is 0 Å². The molecule has 2 N–H and O–H groups in total. The Bertz CT molecular complexity index is 683. The van der Waals surface area contributed by atoms with E-state index in [0.29, 0.717) is 5.69 Å².